The van der Waals surface area contributed by atoms with Crippen molar-refractivity contribution in [3.05, 3.63) is 51.9 Å². The summed E-state index contributed by atoms with van der Waals surface area (Å²) in [6, 6.07) is 2.82. The molecule has 1 aliphatic rings. The van der Waals surface area contributed by atoms with E-state index in [1.165, 1.54) is 19.0 Å². The number of amides is 1. The molecular formula is C22H23F3N6OS. The minimum atomic E-state index is -4.59. The number of hydrogen-bond acceptors (Lipinski definition) is 7. The van der Waals surface area contributed by atoms with Crippen LogP contribution in [-0.4, -0.2) is 56.8 Å². The summed E-state index contributed by atoms with van der Waals surface area (Å²) in [7, 11) is 5.00. The number of alkyl halides is 3. The van der Waals surface area contributed by atoms with Gasteiger partial charge in [-0.2, -0.15) is 17.5 Å². The average molecular weight is 477 g/mol. The molecule has 4 heterocycles. The molecule has 1 aliphatic heterocycles. The second-order valence-corrected chi connectivity index (χ2v) is 9.69. The molecule has 0 N–H and O–H groups in total. The van der Waals surface area contributed by atoms with E-state index < -0.39 is 17.6 Å². The van der Waals surface area contributed by atoms with Crippen molar-refractivity contribution >= 4 is 23.1 Å². The number of hydrogen-bond donors (Lipinski definition) is 0. The number of rotatable bonds is 4. The maximum Gasteiger partial charge on any atom is 0.417 e. The van der Waals surface area contributed by atoms with Gasteiger partial charge in [-0.25, -0.2) is 4.98 Å². The Bertz CT molecular complexity index is 1220. The Balaban J connectivity index is 1.63. The van der Waals surface area contributed by atoms with Gasteiger partial charge in [-0.05, 0) is 49.5 Å². The van der Waals surface area contributed by atoms with Gasteiger partial charge in [0.25, 0.3) is 5.91 Å². The maximum atomic E-state index is 13.2. The van der Waals surface area contributed by atoms with Gasteiger partial charge in [-0.3, -0.25) is 14.8 Å². The van der Waals surface area contributed by atoms with Crippen molar-refractivity contribution in [1.29, 1.82) is 0 Å². The van der Waals surface area contributed by atoms with Gasteiger partial charge in [0.15, 0.2) is 5.82 Å². The Morgan fingerprint density at radius 3 is 2.61 bits per heavy atom. The largest absolute Gasteiger partial charge is 0.417 e. The molecule has 0 unspecified atom stereocenters. The standard InChI is InChI=1S/C22H23F3N6OS/c1-21(2)9-12-6-16(27-11-17(12)31(21)5)19-28-18(33-29-19)8-15-14(20(32)30(3)4)7-13(10-26-15)22(23,24)25/h6-7,10-11H,8-9H2,1-5H3. The molecule has 33 heavy (non-hydrogen) atoms. The third-order valence-corrected chi connectivity index (χ3v) is 6.52. The highest BCUT2D eigenvalue weighted by atomic mass is 32.1. The lowest BCUT2D eigenvalue weighted by Crippen LogP contribution is -2.37. The number of carbonyl (C=O) groups is 1. The first-order valence-corrected chi connectivity index (χ1v) is 11.0. The Kier molecular flexibility index (Phi) is 5.63. The van der Waals surface area contributed by atoms with Crippen molar-refractivity contribution in [1.82, 2.24) is 24.2 Å². The van der Waals surface area contributed by atoms with Crippen molar-refractivity contribution in [2.24, 2.45) is 0 Å². The van der Waals surface area contributed by atoms with Gasteiger partial charge >= 0.3 is 6.18 Å². The van der Waals surface area contributed by atoms with Crippen LogP contribution in [0.1, 0.15) is 46.0 Å². The molecular weight excluding hydrogens is 453 g/mol. The predicted molar refractivity (Wildman–Crippen MR) is 119 cm³/mol. The lowest BCUT2D eigenvalue weighted by Gasteiger charge is -2.29. The summed E-state index contributed by atoms with van der Waals surface area (Å²) in [5.41, 5.74) is 2.00. The molecule has 0 aromatic carbocycles. The Morgan fingerprint density at radius 2 is 1.94 bits per heavy atom. The van der Waals surface area contributed by atoms with E-state index >= 15 is 0 Å². The molecule has 3 aromatic rings. The zero-order chi connectivity index (χ0) is 24.1. The van der Waals surface area contributed by atoms with Crippen molar-refractivity contribution in [3.8, 4) is 11.5 Å². The van der Waals surface area contributed by atoms with Crippen LogP contribution in [0.3, 0.4) is 0 Å². The molecule has 0 fully saturated rings. The fraction of sp³-hybridized carbons (Fsp3) is 0.409. The fourth-order valence-electron chi connectivity index (χ4n) is 3.76. The second-order valence-electron chi connectivity index (χ2n) is 8.85. The van der Waals surface area contributed by atoms with Gasteiger partial charge in [-0.1, -0.05) is 0 Å². The van der Waals surface area contributed by atoms with Crippen molar-refractivity contribution in [3.63, 3.8) is 0 Å². The van der Waals surface area contributed by atoms with Crippen LogP contribution in [-0.2, 0) is 19.0 Å². The van der Waals surface area contributed by atoms with E-state index in [1.54, 1.807) is 0 Å². The third-order valence-electron chi connectivity index (χ3n) is 5.81. The summed E-state index contributed by atoms with van der Waals surface area (Å²) in [5, 5.41) is 0.532. The molecule has 174 valence electrons. The first-order valence-electron chi connectivity index (χ1n) is 10.2. The number of anilines is 1. The van der Waals surface area contributed by atoms with Crippen LogP contribution in [0.5, 0.6) is 0 Å². The van der Waals surface area contributed by atoms with Gasteiger partial charge in [0.2, 0.25) is 0 Å². The van der Waals surface area contributed by atoms with E-state index in [2.05, 4.69) is 38.1 Å². The summed E-state index contributed by atoms with van der Waals surface area (Å²) in [4.78, 5) is 28.9. The van der Waals surface area contributed by atoms with E-state index in [9.17, 15) is 18.0 Å². The van der Waals surface area contributed by atoms with E-state index in [1.807, 2.05) is 19.3 Å². The van der Waals surface area contributed by atoms with Crippen molar-refractivity contribution in [2.45, 2.75) is 38.4 Å². The smallest absolute Gasteiger partial charge is 0.368 e. The molecule has 4 rings (SSSR count). The predicted octanol–water partition coefficient (Wildman–Crippen LogP) is 4.08. The normalized spacial score (nSPS) is 15.0. The summed E-state index contributed by atoms with van der Waals surface area (Å²) in [6.45, 7) is 4.32. The first-order chi connectivity index (χ1) is 15.4. The number of likely N-dealkylation sites (N-methyl/N-ethyl adjacent to an activating group) is 1. The highest BCUT2D eigenvalue weighted by molar-refractivity contribution is 7.05. The van der Waals surface area contributed by atoms with E-state index in [0.717, 1.165) is 41.5 Å². The number of nitrogens with zero attached hydrogens (tertiary/aromatic N) is 6. The lowest BCUT2D eigenvalue weighted by atomic mass is 9.99. The highest BCUT2D eigenvalue weighted by Gasteiger charge is 2.34. The van der Waals surface area contributed by atoms with Crippen LogP contribution in [0.25, 0.3) is 11.5 Å². The average Bonchev–Trinajstić information content (AvgIpc) is 3.28. The van der Waals surface area contributed by atoms with Crippen molar-refractivity contribution < 1.29 is 18.0 Å². The van der Waals surface area contributed by atoms with Crippen molar-refractivity contribution in [2.75, 3.05) is 26.0 Å². The van der Waals surface area contributed by atoms with Crippen LogP contribution in [0.15, 0.2) is 24.5 Å². The molecule has 0 atom stereocenters. The fourth-order valence-corrected chi connectivity index (χ4v) is 4.41. The van der Waals surface area contributed by atoms with Gasteiger partial charge in [-0.15, -0.1) is 0 Å². The number of fused-ring (bicyclic) bond motifs is 1. The number of halogens is 3. The van der Waals surface area contributed by atoms with Gasteiger partial charge in [0, 0.05) is 39.3 Å². The number of pyridine rings is 2. The summed E-state index contributed by atoms with van der Waals surface area (Å²) >= 11 is 1.11. The SMILES string of the molecule is CN(C)C(=O)c1cc(C(F)(F)F)cnc1Cc1nc(-c2cc3c(cn2)N(C)C(C)(C)C3)ns1. The Morgan fingerprint density at radius 1 is 1.21 bits per heavy atom. The van der Waals surface area contributed by atoms with E-state index in [-0.39, 0.29) is 23.2 Å². The number of carbonyl (C=O) groups excluding carboxylic acids is 1. The molecule has 0 saturated carbocycles. The summed E-state index contributed by atoms with van der Waals surface area (Å²) < 4.78 is 43.8. The zero-order valence-electron chi connectivity index (χ0n) is 18.9. The summed E-state index contributed by atoms with van der Waals surface area (Å²) in [5.74, 6) is -0.113. The topological polar surface area (TPSA) is 75.1 Å². The highest BCUT2D eigenvalue weighted by Crippen LogP contribution is 2.38. The van der Waals surface area contributed by atoms with E-state index in [0.29, 0.717) is 16.5 Å². The second kappa shape index (κ2) is 8.05. The van der Waals surface area contributed by atoms with Crippen LogP contribution >= 0.6 is 11.5 Å². The molecule has 0 radical (unpaired) electrons. The van der Waals surface area contributed by atoms with Crippen LogP contribution in [0.4, 0.5) is 18.9 Å². The zero-order valence-corrected chi connectivity index (χ0v) is 19.7. The first kappa shape index (κ1) is 23.1. The monoisotopic (exact) mass is 476 g/mol. The Hall–Kier alpha value is -3.08. The van der Waals surface area contributed by atoms with Crippen LogP contribution in [0.2, 0.25) is 0 Å². The number of aromatic nitrogens is 4. The molecule has 0 aliphatic carbocycles. The minimum absolute atomic E-state index is 0.00702. The molecule has 0 saturated heterocycles. The molecule has 7 nitrogen and oxygen atoms in total. The Labute approximate surface area is 193 Å². The third kappa shape index (κ3) is 4.41. The minimum Gasteiger partial charge on any atom is -0.368 e. The quantitative estimate of drug-likeness (QED) is 0.565. The van der Waals surface area contributed by atoms with Crippen LogP contribution < -0.4 is 4.90 Å². The van der Waals surface area contributed by atoms with Crippen LogP contribution in [0, 0.1) is 0 Å². The molecule has 3 aromatic heterocycles. The lowest BCUT2D eigenvalue weighted by molar-refractivity contribution is -0.137. The van der Waals surface area contributed by atoms with Gasteiger partial charge in [0.05, 0.1) is 28.7 Å². The maximum absolute atomic E-state index is 13.2. The molecule has 11 heteroatoms. The molecule has 0 spiro atoms. The van der Waals surface area contributed by atoms with E-state index in [4.69, 9.17) is 0 Å². The molecule has 0 bridgehead atoms. The van der Waals surface area contributed by atoms with Gasteiger partial charge < -0.3 is 9.80 Å². The van der Waals surface area contributed by atoms with Gasteiger partial charge in [0.1, 0.15) is 10.7 Å². The molecule has 1 amide bonds. The summed E-state index contributed by atoms with van der Waals surface area (Å²) in [6.07, 6.45) is -1.08.